The third-order valence-corrected chi connectivity index (χ3v) is 3.99. The van der Waals surface area contributed by atoms with Gasteiger partial charge in [0, 0.05) is 10.3 Å². The Morgan fingerprint density at radius 3 is 2.86 bits per heavy atom. The highest BCUT2D eigenvalue weighted by Gasteiger charge is 2.12. The molecule has 0 unspecified atom stereocenters. The third-order valence-electron chi connectivity index (χ3n) is 3.11. The molecule has 2 heterocycles. The smallest absolute Gasteiger partial charge is 0.252 e. The van der Waals surface area contributed by atoms with Crippen molar-refractivity contribution in [3.63, 3.8) is 0 Å². The van der Waals surface area contributed by atoms with Gasteiger partial charge in [-0.15, -0.1) is 11.3 Å². The molecule has 6 heteroatoms. The maximum absolute atomic E-state index is 12.4. The van der Waals surface area contributed by atoms with E-state index in [2.05, 4.69) is 15.7 Å². The predicted molar refractivity (Wildman–Crippen MR) is 85.0 cm³/mol. The van der Waals surface area contributed by atoms with Crippen molar-refractivity contribution in [2.24, 2.45) is 5.84 Å². The van der Waals surface area contributed by atoms with Gasteiger partial charge in [0.2, 0.25) is 0 Å². The van der Waals surface area contributed by atoms with E-state index in [1.54, 1.807) is 17.4 Å². The van der Waals surface area contributed by atoms with Crippen LogP contribution < -0.4 is 16.6 Å². The minimum absolute atomic E-state index is 0.140. The van der Waals surface area contributed by atoms with Gasteiger partial charge in [0.15, 0.2) is 0 Å². The van der Waals surface area contributed by atoms with E-state index in [9.17, 15) is 4.79 Å². The molecule has 0 spiro atoms. The molecule has 0 saturated heterocycles. The fraction of sp³-hybridized carbons (Fsp3) is 0.0667. The Balaban J connectivity index is 1.92. The van der Waals surface area contributed by atoms with Crippen molar-refractivity contribution in [2.45, 2.75) is 6.54 Å². The molecule has 0 fully saturated rings. The number of aromatic nitrogens is 1. The Morgan fingerprint density at radius 1 is 1.24 bits per heavy atom. The van der Waals surface area contributed by atoms with E-state index in [0.29, 0.717) is 17.9 Å². The van der Waals surface area contributed by atoms with Gasteiger partial charge in [-0.2, -0.15) is 0 Å². The summed E-state index contributed by atoms with van der Waals surface area (Å²) in [6.07, 6.45) is 0. The number of nitrogens with two attached hydrogens (primary N) is 1. The number of carbonyl (C=O) groups is 1. The first kappa shape index (κ1) is 13.5. The van der Waals surface area contributed by atoms with Crippen LogP contribution in [-0.4, -0.2) is 10.9 Å². The van der Waals surface area contributed by atoms with Crippen LogP contribution in [-0.2, 0) is 6.54 Å². The summed E-state index contributed by atoms with van der Waals surface area (Å²) in [5.74, 6) is 5.75. The lowest BCUT2D eigenvalue weighted by Crippen LogP contribution is -2.23. The monoisotopic (exact) mass is 298 g/mol. The molecule has 0 saturated carbocycles. The normalized spacial score (nSPS) is 10.5. The molecular formula is C15H14N4OS. The summed E-state index contributed by atoms with van der Waals surface area (Å²) in [7, 11) is 0. The van der Waals surface area contributed by atoms with Crippen LogP contribution in [0.15, 0.2) is 47.8 Å². The summed E-state index contributed by atoms with van der Waals surface area (Å²) in [4.78, 5) is 17.9. The highest BCUT2D eigenvalue weighted by molar-refractivity contribution is 7.09. The zero-order valence-electron chi connectivity index (χ0n) is 11.2. The number of anilines is 1. The summed E-state index contributed by atoms with van der Waals surface area (Å²) in [6.45, 7) is 0.512. The van der Waals surface area contributed by atoms with Crippen molar-refractivity contribution in [1.29, 1.82) is 0 Å². The van der Waals surface area contributed by atoms with E-state index < -0.39 is 0 Å². The summed E-state index contributed by atoms with van der Waals surface area (Å²) < 4.78 is 0. The van der Waals surface area contributed by atoms with Crippen LogP contribution in [0, 0.1) is 0 Å². The SMILES string of the molecule is NNc1cc(C(=O)NCc2cccs2)c2ccccc2n1. The van der Waals surface area contributed by atoms with Gasteiger partial charge in [-0.25, -0.2) is 10.8 Å². The van der Waals surface area contributed by atoms with Gasteiger partial charge in [-0.3, -0.25) is 4.79 Å². The van der Waals surface area contributed by atoms with E-state index in [1.807, 2.05) is 41.8 Å². The lowest BCUT2D eigenvalue weighted by molar-refractivity contribution is 0.0953. The number of carbonyl (C=O) groups excluding carboxylic acids is 1. The molecule has 0 radical (unpaired) electrons. The van der Waals surface area contributed by atoms with Crippen LogP contribution in [0.5, 0.6) is 0 Å². The molecule has 5 nitrogen and oxygen atoms in total. The largest absolute Gasteiger partial charge is 0.347 e. The number of rotatable bonds is 4. The number of amides is 1. The van der Waals surface area contributed by atoms with Crippen molar-refractivity contribution in [2.75, 3.05) is 5.43 Å². The first-order valence-corrected chi connectivity index (χ1v) is 7.33. The van der Waals surface area contributed by atoms with Crippen LogP contribution in [0.1, 0.15) is 15.2 Å². The van der Waals surface area contributed by atoms with Gasteiger partial charge in [-0.1, -0.05) is 24.3 Å². The predicted octanol–water partition coefficient (Wildman–Crippen LogP) is 2.51. The topological polar surface area (TPSA) is 80.0 Å². The number of hydrogen-bond donors (Lipinski definition) is 3. The average Bonchev–Trinajstić information content (AvgIpc) is 3.05. The first-order chi connectivity index (χ1) is 10.3. The molecule has 0 aliphatic heterocycles. The van der Waals surface area contributed by atoms with Crippen molar-refractivity contribution in [1.82, 2.24) is 10.3 Å². The van der Waals surface area contributed by atoms with E-state index in [4.69, 9.17) is 5.84 Å². The fourth-order valence-electron chi connectivity index (χ4n) is 2.11. The molecule has 1 amide bonds. The minimum atomic E-state index is -0.140. The average molecular weight is 298 g/mol. The highest BCUT2D eigenvalue weighted by Crippen LogP contribution is 2.20. The molecule has 4 N–H and O–H groups in total. The zero-order chi connectivity index (χ0) is 14.7. The van der Waals surface area contributed by atoms with Crippen molar-refractivity contribution < 1.29 is 4.79 Å². The molecule has 106 valence electrons. The molecule has 0 aliphatic rings. The van der Waals surface area contributed by atoms with E-state index in [-0.39, 0.29) is 5.91 Å². The van der Waals surface area contributed by atoms with Crippen molar-refractivity contribution in [3.8, 4) is 0 Å². The van der Waals surface area contributed by atoms with E-state index in [0.717, 1.165) is 15.8 Å². The second kappa shape index (κ2) is 5.90. The molecule has 0 atom stereocenters. The number of fused-ring (bicyclic) bond motifs is 1. The highest BCUT2D eigenvalue weighted by atomic mass is 32.1. The Morgan fingerprint density at radius 2 is 2.10 bits per heavy atom. The lowest BCUT2D eigenvalue weighted by Gasteiger charge is -2.09. The van der Waals surface area contributed by atoms with Crippen molar-refractivity contribution >= 4 is 34.0 Å². The van der Waals surface area contributed by atoms with Gasteiger partial charge in [0.25, 0.3) is 5.91 Å². The summed E-state index contributed by atoms with van der Waals surface area (Å²) in [5, 5.41) is 5.71. The number of hydrazine groups is 1. The number of pyridine rings is 1. The standard InChI is InChI=1S/C15H14N4OS/c16-19-14-8-12(11-5-1-2-6-13(11)18-14)15(20)17-9-10-4-3-7-21-10/h1-8H,9,16H2,(H,17,20)(H,18,19). The maximum atomic E-state index is 12.4. The number of hydrogen-bond acceptors (Lipinski definition) is 5. The molecule has 2 aromatic heterocycles. The molecule has 0 aliphatic carbocycles. The number of thiophene rings is 1. The summed E-state index contributed by atoms with van der Waals surface area (Å²) in [6, 6.07) is 13.1. The second-order valence-corrected chi connectivity index (χ2v) is 5.51. The summed E-state index contributed by atoms with van der Waals surface area (Å²) in [5.41, 5.74) is 3.79. The molecule has 21 heavy (non-hydrogen) atoms. The van der Waals surface area contributed by atoms with Crippen LogP contribution in [0.2, 0.25) is 0 Å². The number of nitrogen functional groups attached to an aromatic ring is 1. The number of nitrogens with one attached hydrogen (secondary N) is 2. The quantitative estimate of drug-likeness (QED) is 0.511. The first-order valence-electron chi connectivity index (χ1n) is 6.45. The molecule has 0 bridgehead atoms. The van der Waals surface area contributed by atoms with Crippen molar-refractivity contribution in [3.05, 3.63) is 58.3 Å². The number of para-hydroxylation sites is 1. The Labute approximate surface area is 125 Å². The molecule has 1 aromatic carbocycles. The van der Waals surface area contributed by atoms with E-state index in [1.165, 1.54) is 0 Å². The Bertz CT molecular complexity index is 770. The summed E-state index contributed by atoms with van der Waals surface area (Å²) >= 11 is 1.61. The van der Waals surface area contributed by atoms with Crippen LogP contribution in [0.25, 0.3) is 10.9 Å². The molecule has 3 aromatic rings. The maximum Gasteiger partial charge on any atom is 0.252 e. The van der Waals surface area contributed by atoms with Crippen LogP contribution in [0.3, 0.4) is 0 Å². The van der Waals surface area contributed by atoms with Gasteiger partial charge in [0.1, 0.15) is 5.82 Å². The lowest BCUT2D eigenvalue weighted by atomic mass is 10.1. The zero-order valence-corrected chi connectivity index (χ0v) is 12.0. The van der Waals surface area contributed by atoms with Gasteiger partial charge >= 0.3 is 0 Å². The van der Waals surface area contributed by atoms with E-state index >= 15 is 0 Å². The minimum Gasteiger partial charge on any atom is -0.347 e. The number of nitrogens with zero attached hydrogens (tertiary/aromatic N) is 1. The van der Waals surface area contributed by atoms with Crippen LogP contribution >= 0.6 is 11.3 Å². The van der Waals surface area contributed by atoms with Gasteiger partial charge < -0.3 is 10.7 Å². The second-order valence-electron chi connectivity index (χ2n) is 4.48. The molecular weight excluding hydrogens is 284 g/mol. The Kier molecular flexibility index (Phi) is 3.81. The third kappa shape index (κ3) is 2.86. The van der Waals surface area contributed by atoms with Gasteiger partial charge in [0.05, 0.1) is 17.6 Å². The van der Waals surface area contributed by atoms with Gasteiger partial charge in [-0.05, 0) is 23.6 Å². The Hall–Kier alpha value is -2.44. The molecule has 3 rings (SSSR count). The number of benzene rings is 1. The van der Waals surface area contributed by atoms with Crippen LogP contribution in [0.4, 0.5) is 5.82 Å². The fourth-order valence-corrected chi connectivity index (χ4v) is 2.76.